The third kappa shape index (κ3) is 2.44. The molecule has 1 atom stereocenters. The molecule has 0 spiro atoms. The van der Waals surface area contributed by atoms with E-state index >= 15 is 0 Å². The molecule has 2 aromatic heterocycles. The van der Waals surface area contributed by atoms with Crippen LogP contribution in [0.25, 0.3) is 11.0 Å². The summed E-state index contributed by atoms with van der Waals surface area (Å²) in [4.78, 5) is 18.7. The lowest BCUT2D eigenvalue weighted by atomic mass is 10.2. The van der Waals surface area contributed by atoms with E-state index in [1.807, 2.05) is 10.8 Å². The number of aldehydes is 1. The van der Waals surface area contributed by atoms with Gasteiger partial charge in [0.1, 0.15) is 23.4 Å². The number of fused-ring (bicyclic) bond motifs is 1. The summed E-state index contributed by atoms with van der Waals surface area (Å²) in [6.45, 7) is 2.06. The molecule has 0 bridgehead atoms. The standard InChI is InChI=1S/C11H11ClIN3O/c1-7(3-2-4-17)16-5-8(13)9-10(12)14-6-15-11(9)16/h4-7H,2-3H2,1H3. The van der Waals surface area contributed by atoms with E-state index in [2.05, 4.69) is 39.5 Å². The molecule has 0 amide bonds. The second-order valence-corrected chi connectivity index (χ2v) is 5.36. The van der Waals surface area contributed by atoms with E-state index in [9.17, 15) is 4.79 Å². The van der Waals surface area contributed by atoms with Gasteiger partial charge < -0.3 is 9.36 Å². The maximum atomic E-state index is 10.4. The van der Waals surface area contributed by atoms with Gasteiger partial charge in [-0.2, -0.15) is 0 Å². The maximum absolute atomic E-state index is 10.4. The van der Waals surface area contributed by atoms with Gasteiger partial charge in [-0.05, 0) is 35.9 Å². The van der Waals surface area contributed by atoms with Gasteiger partial charge in [-0.1, -0.05) is 11.6 Å². The summed E-state index contributed by atoms with van der Waals surface area (Å²) in [5.41, 5.74) is 0.827. The minimum absolute atomic E-state index is 0.220. The SMILES string of the molecule is CC(CCC=O)n1cc(I)c2c(Cl)ncnc21. The molecule has 0 aliphatic rings. The van der Waals surface area contributed by atoms with Crippen LogP contribution in [0.3, 0.4) is 0 Å². The summed E-state index contributed by atoms with van der Waals surface area (Å²) in [6.07, 6.45) is 5.75. The molecule has 4 nitrogen and oxygen atoms in total. The largest absolute Gasteiger partial charge is 0.328 e. The van der Waals surface area contributed by atoms with E-state index in [1.54, 1.807) is 0 Å². The molecule has 2 rings (SSSR count). The van der Waals surface area contributed by atoms with Crippen LogP contribution in [0.5, 0.6) is 0 Å². The molecule has 90 valence electrons. The molecule has 1 unspecified atom stereocenters. The van der Waals surface area contributed by atoms with E-state index in [1.165, 1.54) is 6.33 Å². The molecule has 0 saturated carbocycles. The van der Waals surface area contributed by atoms with E-state index in [-0.39, 0.29) is 6.04 Å². The number of halogens is 2. The van der Waals surface area contributed by atoms with Crippen LogP contribution in [0.2, 0.25) is 5.15 Å². The van der Waals surface area contributed by atoms with Gasteiger partial charge >= 0.3 is 0 Å². The molecular weight excluding hydrogens is 352 g/mol. The Labute approximate surface area is 118 Å². The van der Waals surface area contributed by atoms with Crippen LogP contribution >= 0.6 is 34.2 Å². The Morgan fingerprint density at radius 2 is 2.35 bits per heavy atom. The van der Waals surface area contributed by atoms with Crippen molar-refractivity contribution in [2.45, 2.75) is 25.8 Å². The molecule has 0 saturated heterocycles. The van der Waals surface area contributed by atoms with Crippen molar-refractivity contribution in [2.24, 2.45) is 0 Å². The fourth-order valence-corrected chi connectivity index (χ4v) is 2.97. The third-order valence-electron chi connectivity index (χ3n) is 2.69. The van der Waals surface area contributed by atoms with Crippen molar-refractivity contribution in [3.05, 3.63) is 21.2 Å². The Morgan fingerprint density at radius 1 is 1.59 bits per heavy atom. The van der Waals surface area contributed by atoms with Gasteiger partial charge in [0.05, 0.1) is 5.39 Å². The van der Waals surface area contributed by atoms with E-state index in [0.29, 0.717) is 11.6 Å². The predicted molar refractivity (Wildman–Crippen MR) is 75.3 cm³/mol. The van der Waals surface area contributed by atoms with Crippen molar-refractivity contribution in [2.75, 3.05) is 0 Å². The lowest BCUT2D eigenvalue weighted by Crippen LogP contribution is -2.04. The van der Waals surface area contributed by atoms with Crippen LogP contribution in [0.15, 0.2) is 12.5 Å². The van der Waals surface area contributed by atoms with Crippen LogP contribution in [-0.2, 0) is 4.79 Å². The average molecular weight is 364 g/mol. The molecule has 2 heterocycles. The van der Waals surface area contributed by atoms with Crippen LogP contribution in [0.1, 0.15) is 25.8 Å². The van der Waals surface area contributed by atoms with Crippen LogP contribution in [0, 0.1) is 3.57 Å². The number of nitrogens with zero attached hydrogens (tertiary/aromatic N) is 3. The number of rotatable bonds is 4. The first-order valence-electron chi connectivity index (χ1n) is 5.25. The summed E-state index contributed by atoms with van der Waals surface area (Å²) in [5, 5.41) is 1.36. The quantitative estimate of drug-likeness (QED) is 0.476. The van der Waals surface area contributed by atoms with Gasteiger partial charge in [0.25, 0.3) is 0 Å². The fraction of sp³-hybridized carbons (Fsp3) is 0.364. The van der Waals surface area contributed by atoms with Crippen molar-refractivity contribution in [1.82, 2.24) is 14.5 Å². The normalized spacial score (nSPS) is 12.9. The Hall–Kier alpha value is -0.690. The Kier molecular flexibility index (Phi) is 3.98. The Balaban J connectivity index is 2.48. The van der Waals surface area contributed by atoms with E-state index in [4.69, 9.17) is 11.6 Å². The molecule has 17 heavy (non-hydrogen) atoms. The molecule has 0 radical (unpaired) electrons. The van der Waals surface area contributed by atoms with Gasteiger partial charge in [-0.25, -0.2) is 9.97 Å². The molecule has 6 heteroatoms. The summed E-state index contributed by atoms with van der Waals surface area (Å²) >= 11 is 8.28. The summed E-state index contributed by atoms with van der Waals surface area (Å²) < 4.78 is 3.08. The molecule has 2 aromatic rings. The van der Waals surface area contributed by atoms with Gasteiger partial charge in [0, 0.05) is 22.2 Å². The number of aromatic nitrogens is 3. The Bertz CT molecular complexity index is 555. The summed E-state index contributed by atoms with van der Waals surface area (Å²) in [7, 11) is 0. The second kappa shape index (κ2) is 5.30. The first-order chi connectivity index (χ1) is 8.15. The lowest BCUT2D eigenvalue weighted by molar-refractivity contribution is -0.108. The average Bonchev–Trinajstić information content (AvgIpc) is 2.65. The molecular formula is C11H11ClIN3O. The van der Waals surface area contributed by atoms with Crippen molar-refractivity contribution >= 4 is 51.5 Å². The first kappa shape index (κ1) is 12.8. The van der Waals surface area contributed by atoms with Crippen molar-refractivity contribution in [3.63, 3.8) is 0 Å². The highest BCUT2D eigenvalue weighted by Gasteiger charge is 2.15. The third-order valence-corrected chi connectivity index (χ3v) is 3.80. The van der Waals surface area contributed by atoms with E-state index < -0.39 is 0 Å². The molecule has 0 fully saturated rings. The second-order valence-electron chi connectivity index (χ2n) is 3.84. The molecule has 0 aromatic carbocycles. The zero-order chi connectivity index (χ0) is 12.4. The van der Waals surface area contributed by atoms with Crippen LogP contribution in [-0.4, -0.2) is 20.8 Å². The van der Waals surface area contributed by atoms with Gasteiger partial charge in [-0.3, -0.25) is 0 Å². The lowest BCUT2D eigenvalue weighted by Gasteiger charge is -2.12. The van der Waals surface area contributed by atoms with Crippen molar-refractivity contribution in [1.29, 1.82) is 0 Å². The smallest absolute Gasteiger partial charge is 0.146 e. The minimum atomic E-state index is 0.220. The number of hydrogen-bond acceptors (Lipinski definition) is 3. The highest BCUT2D eigenvalue weighted by Crippen LogP contribution is 2.29. The predicted octanol–water partition coefficient (Wildman–Crippen LogP) is 3.23. The maximum Gasteiger partial charge on any atom is 0.146 e. The van der Waals surface area contributed by atoms with Crippen LogP contribution < -0.4 is 0 Å². The monoisotopic (exact) mass is 363 g/mol. The minimum Gasteiger partial charge on any atom is -0.328 e. The van der Waals surface area contributed by atoms with Gasteiger partial charge in [0.2, 0.25) is 0 Å². The molecule has 0 aliphatic heterocycles. The highest BCUT2D eigenvalue weighted by molar-refractivity contribution is 14.1. The highest BCUT2D eigenvalue weighted by atomic mass is 127. The fourth-order valence-electron chi connectivity index (χ4n) is 1.79. The number of carbonyl (C=O) groups excluding carboxylic acids is 1. The summed E-state index contributed by atoms with van der Waals surface area (Å²) in [6, 6.07) is 0.220. The van der Waals surface area contributed by atoms with Gasteiger partial charge in [0.15, 0.2) is 0 Å². The first-order valence-corrected chi connectivity index (χ1v) is 6.71. The van der Waals surface area contributed by atoms with Crippen molar-refractivity contribution in [3.8, 4) is 0 Å². The number of carbonyl (C=O) groups is 1. The zero-order valence-corrected chi connectivity index (χ0v) is 12.1. The zero-order valence-electron chi connectivity index (χ0n) is 9.23. The Morgan fingerprint density at radius 3 is 3.06 bits per heavy atom. The van der Waals surface area contributed by atoms with E-state index in [0.717, 1.165) is 27.3 Å². The van der Waals surface area contributed by atoms with Crippen LogP contribution in [0.4, 0.5) is 0 Å². The van der Waals surface area contributed by atoms with Crippen molar-refractivity contribution < 1.29 is 4.79 Å². The van der Waals surface area contributed by atoms with Gasteiger partial charge in [-0.15, -0.1) is 0 Å². The summed E-state index contributed by atoms with van der Waals surface area (Å²) in [5.74, 6) is 0. The molecule has 0 N–H and O–H groups in total. The topological polar surface area (TPSA) is 47.8 Å². The molecule has 0 aliphatic carbocycles. The number of hydrogen-bond donors (Lipinski definition) is 0.